The Balaban J connectivity index is 1.85. The number of Topliss-reactive ketones (excluding diaryl/α,β-unsaturated/α-hetero) is 1. The van der Waals surface area contributed by atoms with Crippen molar-refractivity contribution in [2.45, 2.75) is 20.3 Å². The van der Waals surface area contributed by atoms with Crippen molar-refractivity contribution < 1.29 is 9.59 Å². The van der Waals surface area contributed by atoms with Gasteiger partial charge >= 0.3 is 0 Å². The maximum absolute atomic E-state index is 12.3. The average Bonchev–Trinajstić information content (AvgIpc) is 3.12. The van der Waals surface area contributed by atoms with Gasteiger partial charge in [-0.3, -0.25) is 9.59 Å². The van der Waals surface area contributed by atoms with Crippen molar-refractivity contribution >= 4 is 39.7 Å². The van der Waals surface area contributed by atoms with Crippen LogP contribution in [0.15, 0.2) is 29.6 Å². The Kier molecular flexibility index (Phi) is 4.00. The van der Waals surface area contributed by atoms with Gasteiger partial charge in [0.1, 0.15) is 5.82 Å². The van der Waals surface area contributed by atoms with Crippen LogP contribution in [0, 0.1) is 0 Å². The summed E-state index contributed by atoms with van der Waals surface area (Å²) in [5.74, 6) is 0.753. The monoisotopic (exact) mass is 327 g/mol. The molecule has 23 heavy (non-hydrogen) atoms. The smallest absolute Gasteiger partial charge is 0.256 e. The first kappa shape index (κ1) is 15.4. The van der Waals surface area contributed by atoms with Crippen LogP contribution in [0.5, 0.6) is 0 Å². The summed E-state index contributed by atoms with van der Waals surface area (Å²) in [6.45, 7) is 3.56. The SMILES string of the molecule is CCc1nc2cc(NC(=O)c3csc(C(C)=O)c3)ccc2n1C. The number of benzene rings is 1. The first-order valence-corrected chi connectivity index (χ1v) is 8.23. The number of carbonyl (C=O) groups is 2. The van der Waals surface area contributed by atoms with Gasteiger partial charge in [-0.05, 0) is 31.2 Å². The molecule has 2 heterocycles. The van der Waals surface area contributed by atoms with Crippen molar-refractivity contribution in [1.82, 2.24) is 9.55 Å². The molecule has 6 heteroatoms. The first-order chi connectivity index (χ1) is 11.0. The predicted molar refractivity (Wildman–Crippen MR) is 92.4 cm³/mol. The van der Waals surface area contributed by atoms with Gasteiger partial charge in [0.15, 0.2) is 5.78 Å². The molecule has 0 saturated heterocycles. The number of amides is 1. The summed E-state index contributed by atoms with van der Waals surface area (Å²) in [7, 11) is 1.99. The van der Waals surface area contributed by atoms with Gasteiger partial charge in [0.25, 0.3) is 5.91 Å². The molecule has 0 atom stereocenters. The fourth-order valence-electron chi connectivity index (χ4n) is 2.49. The fraction of sp³-hybridized carbons (Fsp3) is 0.235. The number of imidazole rings is 1. The van der Waals surface area contributed by atoms with Crippen molar-refractivity contribution in [2.75, 3.05) is 5.32 Å². The summed E-state index contributed by atoms with van der Waals surface area (Å²) >= 11 is 1.28. The van der Waals surface area contributed by atoms with E-state index in [9.17, 15) is 9.59 Å². The van der Waals surface area contributed by atoms with E-state index < -0.39 is 0 Å². The second kappa shape index (κ2) is 5.96. The third-order valence-corrected chi connectivity index (χ3v) is 4.79. The number of aryl methyl sites for hydroxylation is 2. The maximum Gasteiger partial charge on any atom is 0.256 e. The summed E-state index contributed by atoms with van der Waals surface area (Å²) in [5, 5.41) is 4.55. The summed E-state index contributed by atoms with van der Waals surface area (Å²) < 4.78 is 2.05. The van der Waals surface area contributed by atoms with Gasteiger partial charge in [-0.25, -0.2) is 4.98 Å². The van der Waals surface area contributed by atoms with E-state index >= 15 is 0 Å². The Morgan fingerprint density at radius 2 is 2.09 bits per heavy atom. The molecule has 3 aromatic rings. The van der Waals surface area contributed by atoms with Gasteiger partial charge in [-0.1, -0.05) is 6.92 Å². The fourth-order valence-corrected chi connectivity index (χ4v) is 3.28. The summed E-state index contributed by atoms with van der Waals surface area (Å²) in [5.41, 5.74) is 3.08. The van der Waals surface area contributed by atoms with E-state index in [-0.39, 0.29) is 11.7 Å². The highest BCUT2D eigenvalue weighted by molar-refractivity contribution is 7.12. The minimum absolute atomic E-state index is 0.0314. The lowest BCUT2D eigenvalue weighted by molar-refractivity contribution is 0.102. The topological polar surface area (TPSA) is 64.0 Å². The number of fused-ring (bicyclic) bond motifs is 1. The average molecular weight is 327 g/mol. The number of ketones is 1. The number of aromatic nitrogens is 2. The number of hydrogen-bond donors (Lipinski definition) is 1. The van der Waals surface area contributed by atoms with Crippen molar-refractivity contribution in [1.29, 1.82) is 0 Å². The zero-order valence-electron chi connectivity index (χ0n) is 13.2. The largest absolute Gasteiger partial charge is 0.331 e. The lowest BCUT2D eigenvalue weighted by atomic mass is 10.2. The molecule has 0 saturated carbocycles. The van der Waals surface area contributed by atoms with Crippen LogP contribution in [0.3, 0.4) is 0 Å². The quantitative estimate of drug-likeness (QED) is 0.744. The molecule has 118 valence electrons. The van der Waals surface area contributed by atoms with Crippen LogP contribution in [0.25, 0.3) is 11.0 Å². The first-order valence-electron chi connectivity index (χ1n) is 7.35. The number of hydrogen-bond acceptors (Lipinski definition) is 4. The van der Waals surface area contributed by atoms with Gasteiger partial charge in [0.05, 0.1) is 21.5 Å². The Bertz CT molecular complexity index is 908. The molecule has 1 N–H and O–H groups in total. The maximum atomic E-state index is 12.3. The predicted octanol–water partition coefficient (Wildman–Crippen LogP) is 3.65. The molecule has 0 aliphatic heterocycles. The minimum Gasteiger partial charge on any atom is -0.331 e. The van der Waals surface area contributed by atoms with Gasteiger partial charge in [0.2, 0.25) is 0 Å². The molecule has 0 radical (unpaired) electrons. The summed E-state index contributed by atoms with van der Waals surface area (Å²) in [4.78, 5) is 28.7. The van der Waals surface area contributed by atoms with E-state index in [0.717, 1.165) is 23.3 Å². The van der Waals surface area contributed by atoms with Crippen molar-refractivity contribution in [3.05, 3.63) is 45.9 Å². The van der Waals surface area contributed by atoms with Gasteiger partial charge in [0, 0.05) is 24.5 Å². The third-order valence-electron chi connectivity index (χ3n) is 3.76. The Morgan fingerprint density at radius 3 is 2.74 bits per heavy atom. The molecule has 0 aliphatic carbocycles. The molecule has 5 nitrogen and oxygen atoms in total. The van der Waals surface area contributed by atoms with E-state index in [1.807, 2.05) is 25.2 Å². The Hall–Kier alpha value is -2.47. The standard InChI is InChI=1S/C17H17N3O2S/c1-4-16-19-13-8-12(5-6-14(13)20(16)3)18-17(22)11-7-15(10(2)21)23-9-11/h5-9H,4H2,1-3H3,(H,18,22). The highest BCUT2D eigenvalue weighted by atomic mass is 32.1. The molecule has 2 aromatic heterocycles. The second-order valence-electron chi connectivity index (χ2n) is 5.35. The Morgan fingerprint density at radius 1 is 1.30 bits per heavy atom. The second-order valence-corrected chi connectivity index (χ2v) is 6.27. The molecule has 0 fully saturated rings. The number of rotatable bonds is 4. The third kappa shape index (κ3) is 2.90. The minimum atomic E-state index is -0.222. The van der Waals surface area contributed by atoms with E-state index in [4.69, 9.17) is 0 Å². The van der Waals surface area contributed by atoms with Gasteiger partial charge < -0.3 is 9.88 Å². The van der Waals surface area contributed by atoms with Crippen molar-refractivity contribution in [2.24, 2.45) is 7.05 Å². The van der Waals surface area contributed by atoms with E-state index in [2.05, 4.69) is 21.8 Å². The van der Waals surface area contributed by atoms with E-state index in [1.165, 1.54) is 18.3 Å². The van der Waals surface area contributed by atoms with Crippen LogP contribution in [0.4, 0.5) is 5.69 Å². The molecule has 0 spiro atoms. The van der Waals surface area contributed by atoms with Crippen molar-refractivity contribution in [3.8, 4) is 0 Å². The lowest BCUT2D eigenvalue weighted by Gasteiger charge is -2.04. The van der Waals surface area contributed by atoms with E-state index in [1.54, 1.807) is 11.4 Å². The van der Waals surface area contributed by atoms with Crippen LogP contribution >= 0.6 is 11.3 Å². The molecular weight excluding hydrogens is 310 g/mol. The number of thiophene rings is 1. The highest BCUT2D eigenvalue weighted by Gasteiger charge is 2.12. The highest BCUT2D eigenvalue weighted by Crippen LogP contribution is 2.21. The molecule has 0 aliphatic rings. The van der Waals surface area contributed by atoms with Gasteiger partial charge in [-0.2, -0.15) is 0 Å². The Labute approximate surface area is 138 Å². The zero-order valence-corrected chi connectivity index (χ0v) is 14.0. The van der Waals surface area contributed by atoms with E-state index in [0.29, 0.717) is 16.1 Å². The number of anilines is 1. The molecular formula is C17H17N3O2S. The normalized spacial score (nSPS) is 10.9. The van der Waals surface area contributed by atoms with Crippen LogP contribution in [0.2, 0.25) is 0 Å². The number of nitrogens with zero attached hydrogens (tertiary/aromatic N) is 2. The van der Waals surface area contributed by atoms with Crippen molar-refractivity contribution in [3.63, 3.8) is 0 Å². The zero-order chi connectivity index (χ0) is 16.6. The van der Waals surface area contributed by atoms with Crippen LogP contribution in [-0.4, -0.2) is 21.2 Å². The molecule has 0 unspecified atom stereocenters. The summed E-state index contributed by atoms with van der Waals surface area (Å²) in [6.07, 6.45) is 0.857. The van der Waals surface area contributed by atoms with Crippen LogP contribution in [0.1, 0.15) is 39.7 Å². The van der Waals surface area contributed by atoms with Gasteiger partial charge in [-0.15, -0.1) is 11.3 Å². The molecule has 0 bridgehead atoms. The molecule has 3 rings (SSSR count). The number of nitrogens with one attached hydrogen (secondary N) is 1. The lowest BCUT2D eigenvalue weighted by Crippen LogP contribution is -2.10. The molecule has 1 amide bonds. The molecule has 1 aromatic carbocycles. The van der Waals surface area contributed by atoms with Crippen LogP contribution < -0.4 is 5.32 Å². The number of carbonyl (C=O) groups excluding carboxylic acids is 2. The summed E-state index contributed by atoms with van der Waals surface area (Å²) in [6, 6.07) is 7.30. The van der Waals surface area contributed by atoms with Crippen LogP contribution in [-0.2, 0) is 13.5 Å².